The zero-order valence-electron chi connectivity index (χ0n) is 11.4. The van der Waals surface area contributed by atoms with Crippen LogP contribution in [-0.2, 0) is 9.59 Å². The Kier molecular flexibility index (Phi) is 4.47. The van der Waals surface area contributed by atoms with E-state index in [4.69, 9.17) is 4.74 Å². The van der Waals surface area contributed by atoms with Gasteiger partial charge in [0.25, 0.3) is 11.8 Å². The lowest BCUT2D eigenvalue weighted by Crippen LogP contribution is -2.51. The Hall–Kier alpha value is -2.81. The molecule has 0 unspecified atom stereocenters. The van der Waals surface area contributed by atoms with Gasteiger partial charge in [0.15, 0.2) is 10.9 Å². The Morgan fingerprint density at radius 2 is 1.95 bits per heavy atom. The Balaban J connectivity index is 2.41. The summed E-state index contributed by atoms with van der Waals surface area (Å²) in [6, 6.07) is 4.15. The van der Waals surface area contributed by atoms with E-state index < -0.39 is 16.7 Å². The smallest absolute Gasteiger partial charge is 0.311 e. The van der Waals surface area contributed by atoms with Crippen molar-refractivity contribution in [1.29, 1.82) is 0 Å². The summed E-state index contributed by atoms with van der Waals surface area (Å²) in [6.45, 7) is 1.99. The summed E-state index contributed by atoms with van der Waals surface area (Å²) in [5.74, 6) is -1.20. The van der Waals surface area contributed by atoms with E-state index in [1.54, 1.807) is 6.92 Å². The molecule has 0 atom stereocenters. The van der Waals surface area contributed by atoms with E-state index in [0.717, 1.165) is 0 Å². The first-order valence-electron chi connectivity index (χ1n) is 6.22. The fourth-order valence-corrected chi connectivity index (χ4v) is 2.00. The summed E-state index contributed by atoms with van der Waals surface area (Å²) >= 11 is 4.68. The maximum atomic E-state index is 11.7. The minimum absolute atomic E-state index is 0.0789. The second kappa shape index (κ2) is 6.31. The molecule has 2 N–H and O–H groups in total. The molecule has 8 nitrogen and oxygen atoms in total. The zero-order chi connectivity index (χ0) is 16.3. The topological polar surface area (TPSA) is 111 Å². The van der Waals surface area contributed by atoms with Gasteiger partial charge in [0.2, 0.25) is 0 Å². The number of hydrogen-bond donors (Lipinski definition) is 2. The molecule has 2 rings (SSSR count). The van der Waals surface area contributed by atoms with Crippen LogP contribution >= 0.6 is 12.2 Å². The van der Waals surface area contributed by atoms with Gasteiger partial charge in [-0.15, -0.1) is 0 Å². The predicted molar refractivity (Wildman–Crippen MR) is 81.1 cm³/mol. The van der Waals surface area contributed by atoms with E-state index in [1.807, 2.05) is 0 Å². The molecule has 1 aromatic carbocycles. The summed E-state index contributed by atoms with van der Waals surface area (Å²) < 4.78 is 5.16. The minimum Gasteiger partial charge on any atom is -0.487 e. The molecule has 9 heteroatoms. The molecular formula is C13H11N3O5S. The third-order valence-corrected chi connectivity index (χ3v) is 2.94. The molecule has 0 aromatic heterocycles. The third kappa shape index (κ3) is 3.26. The molecular weight excluding hydrogens is 310 g/mol. The fraction of sp³-hybridized carbons (Fsp3) is 0.154. The van der Waals surface area contributed by atoms with Crippen molar-refractivity contribution in [2.24, 2.45) is 0 Å². The van der Waals surface area contributed by atoms with E-state index >= 15 is 0 Å². The van der Waals surface area contributed by atoms with Crippen LogP contribution < -0.4 is 15.4 Å². The highest BCUT2D eigenvalue weighted by Gasteiger charge is 2.26. The van der Waals surface area contributed by atoms with Crippen LogP contribution in [0.1, 0.15) is 12.5 Å². The largest absolute Gasteiger partial charge is 0.487 e. The number of nitrogens with zero attached hydrogens (tertiary/aromatic N) is 1. The summed E-state index contributed by atoms with van der Waals surface area (Å²) in [7, 11) is 0. The van der Waals surface area contributed by atoms with E-state index in [1.165, 1.54) is 24.3 Å². The van der Waals surface area contributed by atoms with Gasteiger partial charge in [-0.1, -0.05) is 6.07 Å². The molecule has 0 aliphatic carbocycles. The number of rotatable bonds is 4. The van der Waals surface area contributed by atoms with Gasteiger partial charge in [-0.2, -0.15) is 0 Å². The number of amides is 2. The van der Waals surface area contributed by atoms with E-state index in [-0.39, 0.29) is 28.7 Å². The number of carbonyl (C=O) groups is 2. The molecule has 0 saturated carbocycles. The lowest BCUT2D eigenvalue weighted by atomic mass is 10.1. The van der Waals surface area contributed by atoms with Gasteiger partial charge < -0.3 is 4.74 Å². The predicted octanol–water partition coefficient (Wildman–Crippen LogP) is 0.908. The standard InChI is InChI=1S/C13H11N3O5S/c1-2-21-10-4-3-7(6-9(10)16(19)20)5-8-11(17)14-13(22)15-12(8)18/h3-6H,2H2,1H3,(H2,14,15,17,18,22). The highest BCUT2D eigenvalue weighted by Crippen LogP contribution is 2.29. The first-order chi connectivity index (χ1) is 10.4. The molecule has 1 aliphatic rings. The van der Waals surface area contributed by atoms with Gasteiger partial charge in [0, 0.05) is 6.07 Å². The molecule has 2 amide bonds. The Labute approximate surface area is 130 Å². The molecule has 1 saturated heterocycles. The molecule has 0 radical (unpaired) electrons. The van der Waals surface area contributed by atoms with Crippen LogP contribution in [0.3, 0.4) is 0 Å². The monoisotopic (exact) mass is 321 g/mol. The Morgan fingerprint density at radius 1 is 1.32 bits per heavy atom. The zero-order valence-corrected chi connectivity index (χ0v) is 12.2. The van der Waals surface area contributed by atoms with Crippen LogP contribution in [0, 0.1) is 10.1 Å². The third-order valence-electron chi connectivity index (χ3n) is 2.73. The average molecular weight is 321 g/mol. The molecule has 1 aliphatic heterocycles. The van der Waals surface area contributed by atoms with Crippen LogP contribution in [0.4, 0.5) is 5.69 Å². The summed E-state index contributed by atoms with van der Waals surface area (Å²) in [5, 5.41) is 15.5. The first-order valence-corrected chi connectivity index (χ1v) is 6.62. The summed E-state index contributed by atoms with van der Waals surface area (Å²) in [6.07, 6.45) is 1.25. The molecule has 114 valence electrons. The molecule has 1 aromatic rings. The van der Waals surface area contributed by atoms with Crippen molar-refractivity contribution in [3.63, 3.8) is 0 Å². The van der Waals surface area contributed by atoms with Gasteiger partial charge in [-0.3, -0.25) is 30.3 Å². The molecule has 1 heterocycles. The highest BCUT2D eigenvalue weighted by molar-refractivity contribution is 7.80. The second-order valence-corrected chi connectivity index (χ2v) is 4.62. The van der Waals surface area contributed by atoms with Gasteiger partial charge in [-0.25, -0.2) is 0 Å². The fourth-order valence-electron chi connectivity index (χ4n) is 1.82. The van der Waals surface area contributed by atoms with E-state index in [9.17, 15) is 19.7 Å². The summed E-state index contributed by atoms with van der Waals surface area (Å²) in [4.78, 5) is 33.9. The van der Waals surface area contributed by atoms with Gasteiger partial charge in [-0.05, 0) is 36.8 Å². The SMILES string of the molecule is CCOc1ccc(C=C2C(=O)NC(=S)NC2=O)cc1[N+](=O)[O-]. The van der Waals surface area contributed by atoms with Crippen LogP contribution in [-0.4, -0.2) is 28.5 Å². The normalized spacial score (nSPS) is 14.2. The quantitative estimate of drug-likeness (QED) is 0.280. The Morgan fingerprint density at radius 3 is 2.50 bits per heavy atom. The maximum Gasteiger partial charge on any atom is 0.311 e. The molecule has 0 spiro atoms. The highest BCUT2D eigenvalue weighted by atomic mass is 32.1. The maximum absolute atomic E-state index is 11.7. The van der Waals surface area contributed by atoms with Crippen LogP contribution in [0.15, 0.2) is 23.8 Å². The molecule has 0 bridgehead atoms. The lowest BCUT2D eigenvalue weighted by Gasteiger charge is -2.16. The molecule has 1 fully saturated rings. The van der Waals surface area contributed by atoms with Gasteiger partial charge >= 0.3 is 5.69 Å². The number of carbonyl (C=O) groups excluding carboxylic acids is 2. The van der Waals surface area contributed by atoms with Crippen molar-refractivity contribution < 1.29 is 19.2 Å². The van der Waals surface area contributed by atoms with Crippen molar-refractivity contribution in [3.8, 4) is 5.75 Å². The minimum atomic E-state index is -0.662. The van der Waals surface area contributed by atoms with E-state index in [2.05, 4.69) is 22.9 Å². The van der Waals surface area contributed by atoms with Crippen LogP contribution in [0.2, 0.25) is 0 Å². The van der Waals surface area contributed by atoms with Crippen molar-refractivity contribution in [1.82, 2.24) is 10.6 Å². The number of nitro benzene ring substituents is 1. The number of ether oxygens (including phenoxy) is 1. The average Bonchev–Trinajstić information content (AvgIpc) is 2.44. The van der Waals surface area contributed by atoms with Crippen molar-refractivity contribution in [3.05, 3.63) is 39.4 Å². The van der Waals surface area contributed by atoms with Crippen LogP contribution in [0.5, 0.6) is 5.75 Å². The van der Waals surface area contributed by atoms with Gasteiger partial charge in [0.1, 0.15) is 5.57 Å². The first kappa shape index (κ1) is 15.6. The summed E-state index contributed by atoms with van der Waals surface area (Å²) in [5.41, 5.74) is -0.112. The number of nitrogens with one attached hydrogen (secondary N) is 2. The lowest BCUT2D eigenvalue weighted by molar-refractivity contribution is -0.385. The second-order valence-electron chi connectivity index (χ2n) is 4.21. The Bertz CT molecular complexity index is 692. The van der Waals surface area contributed by atoms with E-state index in [0.29, 0.717) is 5.56 Å². The van der Waals surface area contributed by atoms with Gasteiger partial charge in [0.05, 0.1) is 11.5 Å². The number of thiocarbonyl (C=S) groups is 1. The van der Waals surface area contributed by atoms with Crippen molar-refractivity contribution >= 4 is 40.9 Å². The number of nitro groups is 1. The molecule has 22 heavy (non-hydrogen) atoms. The number of hydrogen-bond acceptors (Lipinski definition) is 6. The van der Waals surface area contributed by atoms with Crippen LogP contribution in [0.25, 0.3) is 6.08 Å². The van der Waals surface area contributed by atoms with Crippen molar-refractivity contribution in [2.75, 3.05) is 6.61 Å². The van der Waals surface area contributed by atoms with Crippen molar-refractivity contribution in [2.45, 2.75) is 6.92 Å². The number of benzene rings is 1.